The fraction of sp³-hybridized carbons (Fsp3) is 0.357. The van der Waals surface area contributed by atoms with E-state index >= 15 is 0 Å². The topological polar surface area (TPSA) is 84.6 Å². The average molecular weight is 554 g/mol. The highest BCUT2D eigenvalue weighted by molar-refractivity contribution is 7.99. The van der Waals surface area contributed by atoms with E-state index in [2.05, 4.69) is 5.32 Å². The molecule has 0 radical (unpaired) electrons. The minimum Gasteiger partial charge on any atom is -0.349 e. The number of nitro groups is 1. The summed E-state index contributed by atoms with van der Waals surface area (Å²) in [7, 11) is 0. The van der Waals surface area contributed by atoms with E-state index in [1.54, 1.807) is 23.6 Å². The van der Waals surface area contributed by atoms with Gasteiger partial charge < -0.3 is 5.32 Å². The van der Waals surface area contributed by atoms with Crippen LogP contribution in [0.2, 0.25) is 5.02 Å². The standard InChI is InChI=1S/C28H28ClN3O3S2/c29-19-10-13-22(14-11-19)36-24-15-12-21(32(34)35)16-18(24)17-30-28-26(23-8-4-5-9-25(23)37-28)27(33)31-20-6-2-1-3-7-20/h10-17,20H,1-9H2,(H,31,33). The van der Waals surface area contributed by atoms with Gasteiger partial charge in [0.25, 0.3) is 11.6 Å². The summed E-state index contributed by atoms with van der Waals surface area (Å²) in [5.74, 6) is -0.0340. The van der Waals surface area contributed by atoms with Crippen LogP contribution in [0.5, 0.6) is 0 Å². The maximum atomic E-state index is 13.5. The lowest BCUT2D eigenvalue weighted by Crippen LogP contribution is -2.36. The molecule has 192 valence electrons. The highest BCUT2D eigenvalue weighted by Gasteiger charge is 2.27. The van der Waals surface area contributed by atoms with Crippen molar-refractivity contribution in [2.24, 2.45) is 4.99 Å². The number of amides is 1. The van der Waals surface area contributed by atoms with Crippen molar-refractivity contribution in [2.75, 3.05) is 0 Å². The Morgan fingerprint density at radius 3 is 2.59 bits per heavy atom. The minimum absolute atomic E-state index is 0.00245. The zero-order valence-corrected chi connectivity index (χ0v) is 22.8. The van der Waals surface area contributed by atoms with E-state index in [0.717, 1.165) is 66.7 Å². The maximum absolute atomic E-state index is 13.5. The number of nitrogens with one attached hydrogen (secondary N) is 1. The third-order valence-electron chi connectivity index (χ3n) is 6.89. The molecule has 0 spiro atoms. The zero-order chi connectivity index (χ0) is 25.8. The van der Waals surface area contributed by atoms with Crippen LogP contribution in [0, 0.1) is 10.1 Å². The van der Waals surface area contributed by atoms with E-state index in [0.29, 0.717) is 21.2 Å². The number of thiophene rings is 1. The van der Waals surface area contributed by atoms with Gasteiger partial charge in [-0.15, -0.1) is 11.3 Å². The van der Waals surface area contributed by atoms with Crippen molar-refractivity contribution in [1.29, 1.82) is 0 Å². The molecule has 2 aliphatic carbocycles. The number of nitrogens with zero attached hydrogens (tertiary/aromatic N) is 2. The molecule has 1 N–H and O–H groups in total. The van der Waals surface area contributed by atoms with Crippen molar-refractivity contribution in [3.8, 4) is 0 Å². The van der Waals surface area contributed by atoms with Gasteiger partial charge >= 0.3 is 0 Å². The molecule has 0 bridgehead atoms. The van der Waals surface area contributed by atoms with Gasteiger partial charge in [0.15, 0.2) is 0 Å². The molecule has 1 amide bonds. The van der Waals surface area contributed by atoms with Crippen LogP contribution in [0.3, 0.4) is 0 Å². The Labute approximate surface area is 229 Å². The van der Waals surface area contributed by atoms with Crippen LogP contribution in [-0.2, 0) is 12.8 Å². The number of nitro benzene ring substituents is 1. The second kappa shape index (κ2) is 11.8. The Kier molecular flexibility index (Phi) is 8.27. The third-order valence-corrected chi connectivity index (χ3v) is 9.44. The first-order valence-electron chi connectivity index (χ1n) is 12.7. The molecule has 37 heavy (non-hydrogen) atoms. The number of aryl methyl sites for hydroxylation is 1. The molecule has 5 rings (SSSR count). The molecular weight excluding hydrogens is 526 g/mol. The number of halogens is 1. The summed E-state index contributed by atoms with van der Waals surface area (Å²) in [4.78, 5) is 32.4. The number of fused-ring (bicyclic) bond motifs is 1. The quantitative estimate of drug-likeness (QED) is 0.182. The molecule has 6 nitrogen and oxygen atoms in total. The first-order chi connectivity index (χ1) is 18.0. The Hall–Kier alpha value is -2.68. The molecule has 1 saturated carbocycles. The van der Waals surface area contributed by atoms with Crippen molar-refractivity contribution in [1.82, 2.24) is 5.32 Å². The molecule has 0 aliphatic heterocycles. The summed E-state index contributed by atoms with van der Waals surface area (Å²) >= 11 is 9.10. The van der Waals surface area contributed by atoms with E-state index in [1.165, 1.54) is 35.2 Å². The maximum Gasteiger partial charge on any atom is 0.270 e. The van der Waals surface area contributed by atoms with Gasteiger partial charge in [0.1, 0.15) is 5.00 Å². The molecule has 0 saturated heterocycles. The molecule has 1 heterocycles. The summed E-state index contributed by atoms with van der Waals surface area (Å²) in [6.07, 6.45) is 11.3. The summed E-state index contributed by atoms with van der Waals surface area (Å²) in [5, 5.41) is 16.1. The number of hydrogen-bond donors (Lipinski definition) is 1. The van der Waals surface area contributed by atoms with Crippen molar-refractivity contribution in [3.05, 3.63) is 79.2 Å². The normalized spacial score (nSPS) is 16.0. The van der Waals surface area contributed by atoms with E-state index in [9.17, 15) is 14.9 Å². The van der Waals surface area contributed by atoms with Crippen molar-refractivity contribution < 1.29 is 9.72 Å². The van der Waals surface area contributed by atoms with Gasteiger partial charge in [-0.05, 0) is 74.4 Å². The van der Waals surface area contributed by atoms with E-state index < -0.39 is 4.92 Å². The number of benzene rings is 2. The Morgan fingerprint density at radius 1 is 1.08 bits per heavy atom. The summed E-state index contributed by atoms with van der Waals surface area (Å²) in [6, 6.07) is 12.5. The molecule has 0 unspecified atom stereocenters. The van der Waals surface area contributed by atoms with E-state index in [4.69, 9.17) is 16.6 Å². The largest absolute Gasteiger partial charge is 0.349 e. The summed E-state index contributed by atoms with van der Waals surface area (Å²) < 4.78 is 0. The van der Waals surface area contributed by atoms with Crippen LogP contribution >= 0.6 is 34.7 Å². The van der Waals surface area contributed by atoms with Crippen LogP contribution < -0.4 is 5.32 Å². The molecule has 2 aromatic carbocycles. The van der Waals surface area contributed by atoms with Crippen molar-refractivity contribution in [2.45, 2.75) is 73.6 Å². The van der Waals surface area contributed by atoms with Gasteiger partial charge in [0.05, 0.1) is 10.5 Å². The predicted octanol–water partition coefficient (Wildman–Crippen LogP) is 8.15. The smallest absolute Gasteiger partial charge is 0.270 e. The molecule has 9 heteroatoms. The Balaban J connectivity index is 1.48. The van der Waals surface area contributed by atoms with Crippen molar-refractivity contribution >= 4 is 57.5 Å². The van der Waals surface area contributed by atoms with Gasteiger partial charge in [0, 0.05) is 49.6 Å². The van der Waals surface area contributed by atoms with Crippen LogP contribution in [0.1, 0.15) is 71.3 Å². The molecular formula is C28H28ClN3O3S2. The molecule has 0 atom stereocenters. The number of carbonyl (C=O) groups excluding carboxylic acids is 1. The first kappa shape index (κ1) is 25.9. The van der Waals surface area contributed by atoms with E-state index in [-0.39, 0.29) is 17.6 Å². The average Bonchev–Trinajstić information content (AvgIpc) is 3.28. The zero-order valence-electron chi connectivity index (χ0n) is 20.4. The predicted molar refractivity (Wildman–Crippen MR) is 151 cm³/mol. The fourth-order valence-electron chi connectivity index (χ4n) is 4.98. The van der Waals surface area contributed by atoms with Gasteiger partial charge in [-0.2, -0.15) is 0 Å². The summed E-state index contributed by atoms with van der Waals surface area (Å²) in [6.45, 7) is 0. The third kappa shape index (κ3) is 6.25. The monoisotopic (exact) mass is 553 g/mol. The molecule has 1 fully saturated rings. The molecule has 1 aromatic heterocycles. The number of non-ortho nitro benzene ring substituents is 1. The van der Waals surface area contributed by atoms with Crippen LogP contribution in [0.4, 0.5) is 10.7 Å². The van der Waals surface area contributed by atoms with Crippen LogP contribution in [0.15, 0.2) is 57.2 Å². The molecule has 2 aliphatic rings. The Bertz CT molecular complexity index is 1330. The van der Waals surface area contributed by atoms with Crippen LogP contribution in [-0.4, -0.2) is 23.1 Å². The van der Waals surface area contributed by atoms with Crippen molar-refractivity contribution in [3.63, 3.8) is 0 Å². The number of aliphatic imine (C=N–C) groups is 1. The van der Waals surface area contributed by atoms with Gasteiger partial charge in [-0.1, -0.05) is 42.6 Å². The highest BCUT2D eigenvalue weighted by Crippen LogP contribution is 2.40. The lowest BCUT2D eigenvalue weighted by Gasteiger charge is -2.23. The minimum atomic E-state index is -0.402. The second-order valence-electron chi connectivity index (χ2n) is 9.49. The number of carbonyl (C=O) groups is 1. The van der Waals surface area contributed by atoms with E-state index in [1.807, 2.05) is 24.3 Å². The highest BCUT2D eigenvalue weighted by atomic mass is 35.5. The van der Waals surface area contributed by atoms with Gasteiger partial charge in [-0.3, -0.25) is 14.9 Å². The number of hydrogen-bond acceptors (Lipinski definition) is 6. The lowest BCUT2D eigenvalue weighted by molar-refractivity contribution is -0.384. The fourth-order valence-corrected chi connectivity index (χ4v) is 7.23. The lowest BCUT2D eigenvalue weighted by atomic mass is 9.93. The SMILES string of the molecule is O=C(NC1CCCCC1)c1c(N=Cc2cc([N+](=O)[O-])ccc2Sc2ccc(Cl)cc2)sc2c1CCCC2. The summed E-state index contributed by atoms with van der Waals surface area (Å²) in [5.41, 5.74) is 2.46. The Morgan fingerprint density at radius 2 is 1.84 bits per heavy atom. The second-order valence-corrected chi connectivity index (χ2v) is 12.1. The molecule has 3 aromatic rings. The number of rotatable bonds is 7. The van der Waals surface area contributed by atoms with Gasteiger partial charge in [-0.25, -0.2) is 4.99 Å². The van der Waals surface area contributed by atoms with Gasteiger partial charge in [0.2, 0.25) is 0 Å². The first-order valence-corrected chi connectivity index (χ1v) is 14.7. The van der Waals surface area contributed by atoms with Crippen LogP contribution in [0.25, 0.3) is 0 Å².